The fourth-order valence-electron chi connectivity index (χ4n) is 2.89. The molecule has 0 unspecified atom stereocenters. The molecule has 0 fully saturated rings. The number of hydrogen-bond acceptors (Lipinski definition) is 4. The van der Waals surface area contributed by atoms with Gasteiger partial charge in [-0.1, -0.05) is 48.5 Å². The number of aromatic nitrogens is 2. The van der Waals surface area contributed by atoms with Crippen molar-refractivity contribution < 1.29 is 9.53 Å². The van der Waals surface area contributed by atoms with E-state index in [9.17, 15) is 9.59 Å². The van der Waals surface area contributed by atoms with Gasteiger partial charge in [-0.3, -0.25) is 9.59 Å². The molecule has 3 aromatic carbocycles. The molecule has 0 atom stereocenters. The molecule has 0 radical (unpaired) electrons. The zero-order valence-corrected chi connectivity index (χ0v) is 16.1. The number of rotatable bonds is 6. The Bertz CT molecular complexity index is 1190. The molecule has 1 heterocycles. The van der Waals surface area contributed by atoms with E-state index in [2.05, 4.69) is 10.4 Å². The minimum Gasteiger partial charge on any atom is -0.457 e. The monoisotopic (exact) mass is 397 g/mol. The number of carbonyl (C=O) groups is 1. The van der Waals surface area contributed by atoms with Crippen LogP contribution in [0.1, 0.15) is 0 Å². The first kappa shape index (κ1) is 19.1. The summed E-state index contributed by atoms with van der Waals surface area (Å²) in [7, 11) is 0. The molecule has 0 aliphatic carbocycles. The molecule has 6 heteroatoms. The fourth-order valence-corrected chi connectivity index (χ4v) is 2.89. The summed E-state index contributed by atoms with van der Waals surface area (Å²) in [5, 5.41) is 7.08. The highest BCUT2D eigenvalue weighted by molar-refractivity contribution is 5.90. The summed E-state index contributed by atoms with van der Waals surface area (Å²) in [5.74, 6) is 1.05. The highest BCUT2D eigenvalue weighted by Crippen LogP contribution is 2.22. The highest BCUT2D eigenvalue weighted by Gasteiger charge is 2.09. The van der Waals surface area contributed by atoms with Crippen molar-refractivity contribution in [2.75, 3.05) is 5.32 Å². The molecule has 6 nitrogen and oxygen atoms in total. The normalized spacial score (nSPS) is 10.4. The third kappa shape index (κ3) is 4.80. The molecule has 4 rings (SSSR count). The number of benzene rings is 3. The van der Waals surface area contributed by atoms with Gasteiger partial charge < -0.3 is 10.1 Å². The van der Waals surface area contributed by atoms with Crippen molar-refractivity contribution in [3.63, 3.8) is 0 Å². The molecular weight excluding hydrogens is 378 g/mol. The maximum absolute atomic E-state index is 12.4. The Morgan fingerprint density at radius 3 is 2.13 bits per heavy atom. The second-order valence-corrected chi connectivity index (χ2v) is 6.57. The topological polar surface area (TPSA) is 73.2 Å². The summed E-state index contributed by atoms with van der Waals surface area (Å²) < 4.78 is 6.89. The molecule has 1 N–H and O–H groups in total. The van der Waals surface area contributed by atoms with Crippen LogP contribution in [0.15, 0.2) is 102 Å². The van der Waals surface area contributed by atoms with E-state index in [1.165, 1.54) is 6.07 Å². The number of ether oxygens (including phenoxy) is 1. The van der Waals surface area contributed by atoms with E-state index in [0.29, 0.717) is 17.1 Å². The summed E-state index contributed by atoms with van der Waals surface area (Å²) in [6.07, 6.45) is 0. The first-order chi connectivity index (χ1) is 14.7. The fraction of sp³-hybridized carbons (Fsp3) is 0.0417. The van der Waals surface area contributed by atoms with Gasteiger partial charge in [-0.2, -0.15) is 5.10 Å². The van der Waals surface area contributed by atoms with Crippen LogP contribution in [0.3, 0.4) is 0 Å². The lowest BCUT2D eigenvalue weighted by Crippen LogP contribution is -2.29. The molecule has 0 saturated carbocycles. The van der Waals surface area contributed by atoms with Gasteiger partial charge >= 0.3 is 0 Å². The van der Waals surface area contributed by atoms with Gasteiger partial charge in [0.25, 0.3) is 5.56 Å². The number of amides is 1. The van der Waals surface area contributed by atoms with E-state index >= 15 is 0 Å². The Labute approximate surface area is 173 Å². The van der Waals surface area contributed by atoms with Crippen molar-refractivity contribution in [3.8, 4) is 22.8 Å². The predicted octanol–water partition coefficient (Wildman–Crippen LogP) is 4.34. The van der Waals surface area contributed by atoms with E-state index in [0.717, 1.165) is 16.0 Å². The molecule has 1 amide bonds. The lowest BCUT2D eigenvalue weighted by atomic mass is 10.1. The minimum absolute atomic E-state index is 0.179. The molecule has 1 aromatic heterocycles. The van der Waals surface area contributed by atoms with E-state index < -0.39 is 0 Å². The first-order valence-electron chi connectivity index (χ1n) is 9.44. The summed E-state index contributed by atoms with van der Waals surface area (Å²) >= 11 is 0. The Balaban J connectivity index is 1.42. The van der Waals surface area contributed by atoms with Crippen molar-refractivity contribution in [3.05, 3.63) is 107 Å². The van der Waals surface area contributed by atoms with Gasteiger partial charge in [0.05, 0.1) is 5.69 Å². The number of carbonyl (C=O) groups excluding carboxylic acids is 1. The van der Waals surface area contributed by atoms with E-state index in [4.69, 9.17) is 4.74 Å². The average Bonchev–Trinajstić information content (AvgIpc) is 2.78. The average molecular weight is 397 g/mol. The smallest absolute Gasteiger partial charge is 0.267 e. The molecular formula is C24H19N3O3. The van der Waals surface area contributed by atoms with Crippen LogP contribution in [0.4, 0.5) is 5.69 Å². The van der Waals surface area contributed by atoms with Gasteiger partial charge in [-0.05, 0) is 42.5 Å². The van der Waals surface area contributed by atoms with E-state index in [1.54, 1.807) is 30.3 Å². The lowest BCUT2D eigenvalue weighted by molar-refractivity contribution is -0.117. The SMILES string of the molecule is O=C(Cn1nc(-c2ccccc2)ccc1=O)Nc1ccc(Oc2ccccc2)cc1. The van der Waals surface area contributed by atoms with Crippen molar-refractivity contribution in [1.29, 1.82) is 0 Å². The standard InChI is InChI=1S/C24H19N3O3/c28-23(17-27-24(29)16-15-22(26-27)18-7-3-1-4-8-18)25-19-11-13-21(14-12-19)30-20-9-5-2-6-10-20/h1-16H,17H2,(H,25,28). The maximum atomic E-state index is 12.4. The molecule has 0 saturated heterocycles. The molecule has 30 heavy (non-hydrogen) atoms. The molecule has 0 spiro atoms. The van der Waals surface area contributed by atoms with Gasteiger partial charge in [0.15, 0.2) is 0 Å². The van der Waals surface area contributed by atoms with Crippen molar-refractivity contribution in [1.82, 2.24) is 9.78 Å². The molecule has 0 aliphatic heterocycles. The van der Waals surface area contributed by atoms with E-state index in [1.807, 2.05) is 60.7 Å². The third-order valence-corrected chi connectivity index (χ3v) is 4.35. The number of hydrogen-bond donors (Lipinski definition) is 1. The van der Waals surface area contributed by atoms with Gasteiger partial charge in [0, 0.05) is 17.3 Å². The summed E-state index contributed by atoms with van der Waals surface area (Å²) in [5.41, 5.74) is 1.77. The van der Waals surface area contributed by atoms with Crippen LogP contribution in [0, 0.1) is 0 Å². The first-order valence-corrected chi connectivity index (χ1v) is 9.44. The Kier molecular flexibility index (Phi) is 5.66. The molecule has 0 bridgehead atoms. The Morgan fingerprint density at radius 1 is 0.800 bits per heavy atom. The minimum atomic E-state index is -0.341. The summed E-state index contributed by atoms with van der Waals surface area (Å²) in [4.78, 5) is 24.5. The quantitative estimate of drug-likeness (QED) is 0.525. The van der Waals surface area contributed by atoms with Gasteiger partial charge in [-0.15, -0.1) is 0 Å². The van der Waals surface area contributed by atoms with Crippen LogP contribution in [0.2, 0.25) is 0 Å². The van der Waals surface area contributed by atoms with Gasteiger partial charge in [-0.25, -0.2) is 4.68 Å². The lowest BCUT2D eigenvalue weighted by Gasteiger charge is -2.09. The zero-order valence-electron chi connectivity index (χ0n) is 16.1. The Morgan fingerprint density at radius 2 is 1.43 bits per heavy atom. The van der Waals surface area contributed by atoms with E-state index in [-0.39, 0.29) is 18.0 Å². The number of nitrogens with zero attached hydrogens (tertiary/aromatic N) is 2. The van der Waals surface area contributed by atoms with Gasteiger partial charge in [0.2, 0.25) is 5.91 Å². The van der Waals surface area contributed by atoms with Crippen molar-refractivity contribution >= 4 is 11.6 Å². The molecule has 0 aliphatic rings. The highest BCUT2D eigenvalue weighted by atomic mass is 16.5. The third-order valence-electron chi connectivity index (χ3n) is 4.35. The van der Waals surface area contributed by atoms with Crippen LogP contribution in [-0.4, -0.2) is 15.7 Å². The maximum Gasteiger partial charge on any atom is 0.267 e. The van der Waals surface area contributed by atoms with Crippen molar-refractivity contribution in [2.45, 2.75) is 6.54 Å². The second-order valence-electron chi connectivity index (χ2n) is 6.57. The largest absolute Gasteiger partial charge is 0.457 e. The van der Waals surface area contributed by atoms with Gasteiger partial charge in [0.1, 0.15) is 18.0 Å². The van der Waals surface area contributed by atoms with Crippen LogP contribution in [0.5, 0.6) is 11.5 Å². The summed E-state index contributed by atoms with van der Waals surface area (Å²) in [6, 6.07) is 29.0. The number of anilines is 1. The second kappa shape index (κ2) is 8.87. The van der Waals surface area contributed by atoms with Crippen LogP contribution >= 0.6 is 0 Å². The Hall–Kier alpha value is -4.19. The number of nitrogens with one attached hydrogen (secondary N) is 1. The number of para-hydroxylation sites is 1. The van der Waals surface area contributed by atoms with Crippen LogP contribution in [-0.2, 0) is 11.3 Å². The van der Waals surface area contributed by atoms with Crippen LogP contribution in [0.25, 0.3) is 11.3 Å². The predicted molar refractivity (Wildman–Crippen MR) is 116 cm³/mol. The van der Waals surface area contributed by atoms with Crippen LogP contribution < -0.4 is 15.6 Å². The summed E-state index contributed by atoms with van der Waals surface area (Å²) in [6.45, 7) is -0.179. The zero-order chi connectivity index (χ0) is 20.8. The van der Waals surface area contributed by atoms with Crippen molar-refractivity contribution in [2.24, 2.45) is 0 Å². The molecule has 4 aromatic rings. The molecule has 148 valence electrons.